The standard InChI is InChI=1S/C15H18N2OS/c1-2-5-13-12(4-1)16-14(19-13)17-8-3-6-15(10-17)7-9-18-11-15/h1-2,4-5H,3,6-11H2/t15-/m1/s1. The van der Waals surface area contributed by atoms with E-state index in [-0.39, 0.29) is 0 Å². The van der Waals surface area contributed by atoms with Crippen molar-refractivity contribution in [3.63, 3.8) is 0 Å². The quantitative estimate of drug-likeness (QED) is 0.798. The van der Waals surface area contributed by atoms with E-state index in [1.807, 2.05) is 11.3 Å². The van der Waals surface area contributed by atoms with Gasteiger partial charge in [-0.1, -0.05) is 23.5 Å². The maximum atomic E-state index is 5.64. The first kappa shape index (κ1) is 11.7. The summed E-state index contributed by atoms with van der Waals surface area (Å²) in [6.07, 6.45) is 3.79. The topological polar surface area (TPSA) is 25.4 Å². The van der Waals surface area contributed by atoms with Gasteiger partial charge in [0.05, 0.1) is 16.8 Å². The molecule has 1 aromatic carbocycles. The molecule has 2 aliphatic heterocycles. The summed E-state index contributed by atoms with van der Waals surface area (Å²) in [5.74, 6) is 0. The Hall–Kier alpha value is -1.13. The normalized spacial score (nSPS) is 27.5. The first-order valence-electron chi connectivity index (χ1n) is 7.03. The molecule has 0 radical (unpaired) electrons. The third-order valence-electron chi connectivity index (χ3n) is 4.40. The van der Waals surface area contributed by atoms with Crippen molar-refractivity contribution in [1.29, 1.82) is 0 Å². The highest BCUT2D eigenvalue weighted by atomic mass is 32.1. The van der Waals surface area contributed by atoms with E-state index in [0.29, 0.717) is 5.41 Å². The highest BCUT2D eigenvalue weighted by molar-refractivity contribution is 7.22. The van der Waals surface area contributed by atoms with Gasteiger partial charge < -0.3 is 9.64 Å². The fourth-order valence-electron chi connectivity index (χ4n) is 3.34. The van der Waals surface area contributed by atoms with E-state index in [2.05, 4.69) is 29.2 Å². The third kappa shape index (κ3) is 2.03. The average molecular weight is 274 g/mol. The van der Waals surface area contributed by atoms with Crippen LogP contribution >= 0.6 is 11.3 Å². The van der Waals surface area contributed by atoms with Crippen LogP contribution in [0.25, 0.3) is 10.2 Å². The van der Waals surface area contributed by atoms with Crippen LogP contribution in [-0.4, -0.2) is 31.3 Å². The number of aromatic nitrogens is 1. The van der Waals surface area contributed by atoms with Crippen LogP contribution in [0.3, 0.4) is 0 Å². The SMILES string of the molecule is c1ccc2sc(N3CCC[C@@]4(CCOC4)C3)nc2c1. The Kier molecular flexibility index (Phi) is 2.74. The second kappa shape index (κ2) is 4.46. The van der Waals surface area contributed by atoms with E-state index >= 15 is 0 Å². The maximum absolute atomic E-state index is 5.64. The zero-order valence-electron chi connectivity index (χ0n) is 11.0. The van der Waals surface area contributed by atoms with Gasteiger partial charge in [0.15, 0.2) is 5.13 Å². The van der Waals surface area contributed by atoms with Crippen LogP contribution in [0.5, 0.6) is 0 Å². The molecule has 3 nitrogen and oxygen atoms in total. The first-order valence-corrected chi connectivity index (χ1v) is 7.85. The van der Waals surface area contributed by atoms with Crippen molar-refractivity contribution >= 4 is 26.7 Å². The van der Waals surface area contributed by atoms with Gasteiger partial charge in [-0.15, -0.1) is 0 Å². The summed E-state index contributed by atoms with van der Waals surface area (Å²) in [7, 11) is 0. The van der Waals surface area contributed by atoms with Crippen molar-refractivity contribution in [3.8, 4) is 0 Å². The Morgan fingerprint density at radius 1 is 1.26 bits per heavy atom. The molecule has 1 spiro atoms. The molecule has 3 heterocycles. The molecule has 0 amide bonds. The molecule has 0 N–H and O–H groups in total. The highest BCUT2D eigenvalue weighted by Crippen LogP contribution is 2.40. The number of fused-ring (bicyclic) bond motifs is 1. The van der Waals surface area contributed by atoms with Gasteiger partial charge >= 0.3 is 0 Å². The Bertz CT molecular complexity index is 556. The van der Waals surface area contributed by atoms with E-state index in [9.17, 15) is 0 Å². The fraction of sp³-hybridized carbons (Fsp3) is 0.533. The lowest BCUT2D eigenvalue weighted by molar-refractivity contribution is 0.139. The van der Waals surface area contributed by atoms with Gasteiger partial charge in [-0.2, -0.15) is 0 Å². The van der Waals surface area contributed by atoms with Gasteiger partial charge in [0.25, 0.3) is 0 Å². The van der Waals surface area contributed by atoms with Crippen LogP contribution < -0.4 is 4.90 Å². The molecule has 0 saturated carbocycles. The fourth-order valence-corrected chi connectivity index (χ4v) is 4.33. The summed E-state index contributed by atoms with van der Waals surface area (Å²) < 4.78 is 6.93. The van der Waals surface area contributed by atoms with E-state index < -0.39 is 0 Å². The van der Waals surface area contributed by atoms with Gasteiger partial charge in [0.1, 0.15) is 0 Å². The zero-order chi connectivity index (χ0) is 12.7. The smallest absolute Gasteiger partial charge is 0.186 e. The van der Waals surface area contributed by atoms with Crippen molar-refractivity contribution in [2.45, 2.75) is 19.3 Å². The number of ether oxygens (including phenoxy) is 1. The number of rotatable bonds is 1. The molecule has 4 heteroatoms. The molecule has 100 valence electrons. The second-order valence-electron chi connectivity index (χ2n) is 5.79. The molecule has 2 aromatic rings. The number of benzene rings is 1. The summed E-state index contributed by atoms with van der Waals surface area (Å²) in [6, 6.07) is 8.42. The van der Waals surface area contributed by atoms with Crippen molar-refractivity contribution in [2.75, 3.05) is 31.2 Å². The van der Waals surface area contributed by atoms with Crippen LogP contribution in [0.1, 0.15) is 19.3 Å². The predicted molar refractivity (Wildman–Crippen MR) is 78.9 cm³/mol. The number of para-hydroxylation sites is 1. The zero-order valence-corrected chi connectivity index (χ0v) is 11.8. The average Bonchev–Trinajstić information content (AvgIpc) is 3.05. The number of anilines is 1. The highest BCUT2D eigenvalue weighted by Gasteiger charge is 2.39. The maximum Gasteiger partial charge on any atom is 0.186 e. The number of thiazole rings is 1. The van der Waals surface area contributed by atoms with Gasteiger partial charge in [0.2, 0.25) is 0 Å². The number of hydrogen-bond acceptors (Lipinski definition) is 4. The van der Waals surface area contributed by atoms with Gasteiger partial charge in [-0.05, 0) is 31.4 Å². The van der Waals surface area contributed by atoms with Gasteiger partial charge in [-0.3, -0.25) is 0 Å². The van der Waals surface area contributed by atoms with Crippen LogP contribution in [0, 0.1) is 5.41 Å². The molecule has 1 aromatic heterocycles. The van der Waals surface area contributed by atoms with E-state index in [0.717, 1.165) is 31.8 Å². The van der Waals surface area contributed by atoms with Crippen LogP contribution in [-0.2, 0) is 4.74 Å². The summed E-state index contributed by atoms with van der Waals surface area (Å²) in [6.45, 7) is 4.14. The predicted octanol–water partition coefficient (Wildman–Crippen LogP) is 3.30. The second-order valence-corrected chi connectivity index (χ2v) is 6.80. The van der Waals surface area contributed by atoms with Crippen molar-refractivity contribution in [3.05, 3.63) is 24.3 Å². The van der Waals surface area contributed by atoms with Crippen molar-refractivity contribution in [2.24, 2.45) is 5.41 Å². The molecule has 0 aliphatic carbocycles. The minimum atomic E-state index is 0.399. The molecular formula is C15H18N2OS. The Balaban J connectivity index is 1.64. The summed E-state index contributed by atoms with van der Waals surface area (Å²) in [5.41, 5.74) is 1.53. The molecular weight excluding hydrogens is 256 g/mol. The van der Waals surface area contributed by atoms with E-state index in [1.165, 1.54) is 29.1 Å². The molecule has 19 heavy (non-hydrogen) atoms. The molecule has 2 fully saturated rings. The summed E-state index contributed by atoms with van der Waals surface area (Å²) in [5, 5.41) is 1.19. The lowest BCUT2D eigenvalue weighted by Crippen LogP contribution is -2.43. The third-order valence-corrected chi connectivity index (χ3v) is 5.50. The first-order chi connectivity index (χ1) is 9.35. The molecule has 2 saturated heterocycles. The molecule has 2 aliphatic rings. The number of nitrogens with zero attached hydrogens (tertiary/aromatic N) is 2. The monoisotopic (exact) mass is 274 g/mol. The lowest BCUT2D eigenvalue weighted by Gasteiger charge is -2.39. The summed E-state index contributed by atoms with van der Waals surface area (Å²) in [4.78, 5) is 7.27. The van der Waals surface area contributed by atoms with E-state index in [1.54, 1.807) is 0 Å². The number of hydrogen-bond donors (Lipinski definition) is 0. The Morgan fingerprint density at radius 3 is 3.05 bits per heavy atom. The molecule has 0 unspecified atom stereocenters. The largest absolute Gasteiger partial charge is 0.381 e. The lowest BCUT2D eigenvalue weighted by atomic mass is 9.79. The van der Waals surface area contributed by atoms with Gasteiger partial charge in [-0.25, -0.2) is 4.98 Å². The number of piperidine rings is 1. The van der Waals surface area contributed by atoms with E-state index in [4.69, 9.17) is 9.72 Å². The molecule has 4 rings (SSSR count). The summed E-state index contributed by atoms with van der Waals surface area (Å²) >= 11 is 1.82. The molecule has 0 bridgehead atoms. The van der Waals surface area contributed by atoms with Crippen LogP contribution in [0.15, 0.2) is 24.3 Å². The molecule has 1 atom stereocenters. The van der Waals surface area contributed by atoms with Gasteiger partial charge in [0, 0.05) is 25.1 Å². The minimum absolute atomic E-state index is 0.399. The van der Waals surface area contributed by atoms with Crippen LogP contribution in [0.4, 0.5) is 5.13 Å². The Morgan fingerprint density at radius 2 is 2.21 bits per heavy atom. The van der Waals surface area contributed by atoms with Crippen molar-refractivity contribution in [1.82, 2.24) is 4.98 Å². The van der Waals surface area contributed by atoms with Crippen molar-refractivity contribution < 1.29 is 4.74 Å². The Labute approximate surface area is 117 Å². The minimum Gasteiger partial charge on any atom is -0.381 e. The van der Waals surface area contributed by atoms with Crippen LogP contribution in [0.2, 0.25) is 0 Å².